The van der Waals surface area contributed by atoms with Crippen LogP contribution < -0.4 is 10.2 Å². The normalized spacial score (nSPS) is 21.8. The molecule has 1 aromatic carbocycles. The van der Waals surface area contributed by atoms with Gasteiger partial charge in [-0.3, -0.25) is 9.59 Å². The first-order chi connectivity index (χ1) is 18.1. The van der Waals surface area contributed by atoms with Crippen molar-refractivity contribution in [3.8, 4) is 11.3 Å². The van der Waals surface area contributed by atoms with Crippen LogP contribution in [0, 0.1) is 12.8 Å². The number of aryl methyl sites for hydroxylation is 1. The number of rotatable bonds is 8. The van der Waals surface area contributed by atoms with E-state index in [4.69, 9.17) is 0 Å². The monoisotopic (exact) mass is 518 g/mol. The summed E-state index contributed by atoms with van der Waals surface area (Å²) in [6, 6.07) is 5.17. The van der Waals surface area contributed by atoms with E-state index in [0.717, 1.165) is 47.5 Å². The molecule has 2 amide bonds. The maximum atomic E-state index is 13.6. The summed E-state index contributed by atoms with van der Waals surface area (Å²) < 4.78 is 1.92. The highest BCUT2D eigenvalue weighted by molar-refractivity contribution is 6.06. The van der Waals surface area contributed by atoms with Crippen molar-refractivity contribution in [3.63, 3.8) is 0 Å². The van der Waals surface area contributed by atoms with Crippen LogP contribution in [0.3, 0.4) is 0 Å². The van der Waals surface area contributed by atoms with Crippen LogP contribution in [0.4, 0.5) is 5.69 Å². The fourth-order valence-electron chi connectivity index (χ4n) is 5.90. The van der Waals surface area contributed by atoms with E-state index in [2.05, 4.69) is 52.2 Å². The zero-order valence-corrected chi connectivity index (χ0v) is 23.9. The van der Waals surface area contributed by atoms with Crippen molar-refractivity contribution >= 4 is 23.2 Å². The van der Waals surface area contributed by atoms with Gasteiger partial charge in [0.05, 0.1) is 17.9 Å². The maximum absolute atomic E-state index is 13.6. The molecule has 1 saturated carbocycles. The summed E-state index contributed by atoms with van der Waals surface area (Å²) in [6.07, 6.45) is 10.3. The average Bonchev–Trinajstić information content (AvgIpc) is 3.31. The fourth-order valence-corrected chi connectivity index (χ4v) is 5.90. The molecule has 2 heterocycles. The Kier molecular flexibility index (Phi) is 8.51. The Labute approximate surface area is 226 Å². The van der Waals surface area contributed by atoms with Gasteiger partial charge >= 0.3 is 0 Å². The van der Waals surface area contributed by atoms with Gasteiger partial charge in [-0.1, -0.05) is 5.57 Å². The molecule has 2 aliphatic rings. The minimum Gasteiger partial charge on any atom is -0.369 e. The van der Waals surface area contributed by atoms with E-state index in [1.54, 1.807) is 6.33 Å². The maximum Gasteiger partial charge on any atom is 0.254 e. The first kappa shape index (κ1) is 27.8. The molecule has 0 spiro atoms. The van der Waals surface area contributed by atoms with Crippen molar-refractivity contribution in [2.24, 2.45) is 18.0 Å². The summed E-state index contributed by atoms with van der Waals surface area (Å²) in [6.45, 7) is 9.05. The smallest absolute Gasteiger partial charge is 0.254 e. The van der Waals surface area contributed by atoms with E-state index in [-0.39, 0.29) is 18.4 Å². The van der Waals surface area contributed by atoms with Crippen molar-refractivity contribution in [2.75, 3.05) is 32.1 Å². The molecule has 8 nitrogen and oxygen atoms in total. The summed E-state index contributed by atoms with van der Waals surface area (Å²) in [5.74, 6) is -0.811. The Morgan fingerprint density at radius 1 is 1.11 bits per heavy atom. The van der Waals surface area contributed by atoms with Crippen LogP contribution in [0.25, 0.3) is 11.3 Å². The second-order valence-corrected chi connectivity index (χ2v) is 11.0. The molecule has 1 fully saturated rings. The standard InChI is InChI=1S/C30H42N6O2/c1-8-36(24-11-9-23(10-12-24)34(5)6)28-15-22(27-17-35(7)18-32-27)14-25(21(28)4)29(37)31-16-26-19(2)13-20(3)33-30(26)38/h13-15,17-18,23-24,26H,8-12,16H2,1-7H3,(H,31,37). The molecular weight excluding hydrogens is 476 g/mol. The second kappa shape index (κ2) is 11.6. The Morgan fingerprint density at radius 2 is 1.79 bits per heavy atom. The quantitative estimate of drug-likeness (QED) is 0.561. The van der Waals surface area contributed by atoms with Crippen LogP contribution in [-0.4, -0.2) is 71.2 Å². The van der Waals surface area contributed by atoms with E-state index in [9.17, 15) is 9.59 Å². The molecular formula is C30H42N6O2. The predicted molar refractivity (Wildman–Crippen MR) is 154 cm³/mol. The minimum absolute atomic E-state index is 0.180. The number of dihydropyridines is 1. The molecule has 0 saturated heterocycles. The number of aliphatic imine (C=N–C) groups is 1. The minimum atomic E-state index is -0.430. The molecule has 204 valence electrons. The molecule has 4 rings (SSSR count). The largest absolute Gasteiger partial charge is 0.369 e. The lowest BCUT2D eigenvalue weighted by atomic mass is 9.88. The van der Waals surface area contributed by atoms with E-state index < -0.39 is 5.92 Å². The molecule has 1 aliphatic carbocycles. The summed E-state index contributed by atoms with van der Waals surface area (Å²) in [5.41, 5.74) is 6.04. The van der Waals surface area contributed by atoms with Crippen LogP contribution >= 0.6 is 0 Å². The van der Waals surface area contributed by atoms with E-state index >= 15 is 0 Å². The number of nitrogens with one attached hydrogen (secondary N) is 1. The van der Waals surface area contributed by atoms with Gasteiger partial charge in [0, 0.05) is 60.9 Å². The highest BCUT2D eigenvalue weighted by atomic mass is 16.2. The topological polar surface area (TPSA) is 82.8 Å². The lowest BCUT2D eigenvalue weighted by Crippen LogP contribution is -2.42. The number of allylic oxidation sites excluding steroid dienone is 1. The lowest BCUT2D eigenvalue weighted by Gasteiger charge is -2.40. The van der Waals surface area contributed by atoms with Gasteiger partial charge in [0.15, 0.2) is 0 Å². The second-order valence-electron chi connectivity index (χ2n) is 11.0. The zero-order valence-electron chi connectivity index (χ0n) is 23.9. The average molecular weight is 519 g/mol. The van der Waals surface area contributed by atoms with Crippen molar-refractivity contribution in [3.05, 3.63) is 47.4 Å². The number of hydrogen-bond acceptors (Lipinski definition) is 5. The number of nitrogens with zero attached hydrogens (tertiary/aromatic N) is 5. The zero-order chi connectivity index (χ0) is 27.6. The Hall–Kier alpha value is -3.26. The van der Waals surface area contributed by atoms with Crippen molar-refractivity contribution < 1.29 is 9.59 Å². The van der Waals surface area contributed by atoms with Gasteiger partial charge in [-0.05, 0) is 91.2 Å². The molecule has 1 aliphatic heterocycles. The SMILES string of the molecule is CCN(c1cc(-c2cn(C)cn2)cc(C(=O)NCC2C(=O)N=C(C)C=C2C)c1C)C1CCC(N(C)C)CC1. The molecule has 0 bridgehead atoms. The van der Waals surface area contributed by atoms with Gasteiger partial charge in [0.1, 0.15) is 0 Å². The van der Waals surface area contributed by atoms with Crippen LogP contribution in [0.5, 0.6) is 0 Å². The number of carbonyl (C=O) groups excluding carboxylic acids is 2. The third-order valence-electron chi connectivity index (χ3n) is 8.15. The molecule has 1 unspecified atom stereocenters. The fraction of sp³-hybridized carbons (Fsp3) is 0.533. The number of anilines is 1. The van der Waals surface area contributed by atoms with Gasteiger partial charge in [-0.2, -0.15) is 0 Å². The Balaban J connectivity index is 1.64. The molecule has 1 aromatic heterocycles. The molecule has 1 N–H and O–H groups in total. The van der Waals surface area contributed by atoms with Crippen LogP contribution in [-0.2, 0) is 11.8 Å². The first-order valence-electron chi connectivity index (χ1n) is 13.7. The summed E-state index contributed by atoms with van der Waals surface area (Å²) in [5, 5.41) is 3.03. The van der Waals surface area contributed by atoms with Gasteiger partial charge in [0.25, 0.3) is 11.8 Å². The summed E-state index contributed by atoms with van der Waals surface area (Å²) in [7, 11) is 6.28. The van der Waals surface area contributed by atoms with Crippen LogP contribution in [0.1, 0.15) is 62.4 Å². The van der Waals surface area contributed by atoms with Crippen molar-refractivity contribution in [1.29, 1.82) is 0 Å². The van der Waals surface area contributed by atoms with Gasteiger partial charge in [-0.15, -0.1) is 0 Å². The van der Waals surface area contributed by atoms with Gasteiger partial charge < -0.3 is 19.7 Å². The summed E-state index contributed by atoms with van der Waals surface area (Å²) in [4.78, 5) is 39.6. The van der Waals surface area contributed by atoms with Crippen LogP contribution in [0.15, 0.2) is 41.3 Å². The number of carbonyl (C=O) groups is 2. The van der Waals surface area contributed by atoms with Crippen molar-refractivity contribution in [1.82, 2.24) is 19.8 Å². The van der Waals surface area contributed by atoms with E-state index in [1.807, 2.05) is 50.7 Å². The molecule has 2 aromatic rings. The first-order valence-corrected chi connectivity index (χ1v) is 13.7. The van der Waals surface area contributed by atoms with Crippen molar-refractivity contribution in [2.45, 2.75) is 65.5 Å². The third kappa shape index (κ3) is 5.90. The Bertz CT molecular complexity index is 1250. The van der Waals surface area contributed by atoms with E-state index in [1.165, 1.54) is 12.8 Å². The predicted octanol–water partition coefficient (Wildman–Crippen LogP) is 4.39. The van der Waals surface area contributed by atoms with Gasteiger partial charge in [0.2, 0.25) is 0 Å². The molecule has 8 heteroatoms. The number of aromatic nitrogens is 2. The number of imidazole rings is 1. The lowest BCUT2D eigenvalue weighted by molar-refractivity contribution is -0.120. The Morgan fingerprint density at radius 3 is 2.37 bits per heavy atom. The number of hydrogen-bond donors (Lipinski definition) is 1. The number of benzene rings is 1. The molecule has 1 atom stereocenters. The van der Waals surface area contributed by atoms with Gasteiger partial charge in [-0.25, -0.2) is 9.98 Å². The third-order valence-corrected chi connectivity index (χ3v) is 8.15. The molecule has 0 radical (unpaired) electrons. The summed E-state index contributed by atoms with van der Waals surface area (Å²) >= 11 is 0. The van der Waals surface area contributed by atoms with Crippen LogP contribution in [0.2, 0.25) is 0 Å². The highest BCUT2D eigenvalue weighted by Gasteiger charge is 2.29. The highest BCUT2D eigenvalue weighted by Crippen LogP contribution is 2.35. The van der Waals surface area contributed by atoms with E-state index in [0.29, 0.717) is 23.4 Å². The number of amides is 2. The molecule has 38 heavy (non-hydrogen) atoms.